The van der Waals surface area contributed by atoms with E-state index in [1.54, 1.807) is 13.0 Å². The van der Waals surface area contributed by atoms with E-state index in [1.165, 1.54) is 0 Å². The molecule has 0 bridgehead atoms. The van der Waals surface area contributed by atoms with Crippen LogP contribution in [0.5, 0.6) is 0 Å². The van der Waals surface area contributed by atoms with Crippen LogP contribution in [0.1, 0.15) is 12.5 Å². The second-order valence-corrected chi connectivity index (χ2v) is 2.37. The lowest BCUT2D eigenvalue weighted by molar-refractivity contribution is 0.389. The molecule has 4 nitrogen and oxygen atoms in total. The van der Waals surface area contributed by atoms with Crippen molar-refractivity contribution < 1.29 is 5.21 Å². The van der Waals surface area contributed by atoms with Gasteiger partial charge in [0.05, 0.1) is 11.4 Å². The molecule has 0 radical (unpaired) electrons. The topological polar surface area (TPSA) is 70.6 Å². The standard InChI is InChI=1S/C8H11N3O/c1-6(10-9)7-4-2-3-5-8(7)11-12/h2-5,11-12H,9H2,1H3. The van der Waals surface area contributed by atoms with E-state index in [-0.39, 0.29) is 0 Å². The van der Waals surface area contributed by atoms with Crippen LogP contribution in [0, 0.1) is 0 Å². The van der Waals surface area contributed by atoms with Crippen molar-refractivity contribution in [2.75, 3.05) is 5.48 Å². The Morgan fingerprint density at radius 2 is 2.17 bits per heavy atom. The Morgan fingerprint density at radius 3 is 2.75 bits per heavy atom. The number of hydrazone groups is 1. The van der Waals surface area contributed by atoms with Gasteiger partial charge in [0.2, 0.25) is 0 Å². The molecule has 4 N–H and O–H groups in total. The van der Waals surface area contributed by atoms with Crippen molar-refractivity contribution in [3.05, 3.63) is 29.8 Å². The van der Waals surface area contributed by atoms with Crippen molar-refractivity contribution in [3.63, 3.8) is 0 Å². The Kier molecular flexibility index (Phi) is 2.66. The monoisotopic (exact) mass is 165 g/mol. The van der Waals surface area contributed by atoms with Crippen molar-refractivity contribution in [3.8, 4) is 0 Å². The number of para-hydroxylation sites is 1. The first-order valence-corrected chi connectivity index (χ1v) is 3.53. The van der Waals surface area contributed by atoms with Crippen molar-refractivity contribution in [2.45, 2.75) is 6.92 Å². The fourth-order valence-electron chi connectivity index (χ4n) is 0.966. The molecule has 0 heterocycles. The first-order valence-electron chi connectivity index (χ1n) is 3.53. The Balaban J connectivity index is 3.13. The first-order chi connectivity index (χ1) is 5.79. The molecule has 0 saturated heterocycles. The van der Waals surface area contributed by atoms with Gasteiger partial charge in [0.1, 0.15) is 0 Å². The number of nitrogens with zero attached hydrogens (tertiary/aromatic N) is 1. The molecule has 0 fully saturated rings. The van der Waals surface area contributed by atoms with E-state index in [9.17, 15) is 0 Å². The molecule has 0 spiro atoms. The van der Waals surface area contributed by atoms with E-state index in [4.69, 9.17) is 11.0 Å². The van der Waals surface area contributed by atoms with Crippen LogP contribution in [-0.2, 0) is 0 Å². The van der Waals surface area contributed by atoms with Gasteiger partial charge in [-0.2, -0.15) is 5.10 Å². The molecule has 0 aliphatic rings. The van der Waals surface area contributed by atoms with E-state index in [1.807, 2.05) is 18.2 Å². The lowest BCUT2D eigenvalue weighted by atomic mass is 10.1. The van der Waals surface area contributed by atoms with Gasteiger partial charge in [-0.05, 0) is 13.0 Å². The smallest absolute Gasteiger partial charge is 0.0693 e. The highest BCUT2D eigenvalue weighted by molar-refractivity contribution is 6.03. The zero-order valence-corrected chi connectivity index (χ0v) is 6.78. The lowest BCUT2D eigenvalue weighted by Crippen LogP contribution is -2.03. The summed E-state index contributed by atoms with van der Waals surface area (Å²) >= 11 is 0. The van der Waals surface area contributed by atoms with Gasteiger partial charge in [-0.1, -0.05) is 18.2 Å². The molecule has 1 aromatic carbocycles. The molecule has 1 aromatic rings. The molecule has 64 valence electrons. The molecule has 4 heteroatoms. The molecule has 0 amide bonds. The molecule has 0 saturated carbocycles. The minimum Gasteiger partial charge on any atom is -0.323 e. The van der Waals surface area contributed by atoms with Crippen LogP contribution in [0.3, 0.4) is 0 Å². The van der Waals surface area contributed by atoms with Crippen LogP contribution in [0.25, 0.3) is 0 Å². The van der Waals surface area contributed by atoms with Crippen LogP contribution in [0.15, 0.2) is 29.4 Å². The summed E-state index contributed by atoms with van der Waals surface area (Å²) in [6.07, 6.45) is 0. The van der Waals surface area contributed by atoms with Crippen LogP contribution in [-0.4, -0.2) is 10.9 Å². The van der Waals surface area contributed by atoms with Gasteiger partial charge < -0.3 is 5.84 Å². The van der Waals surface area contributed by atoms with Crippen molar-refractivity contribution in [2.24, 2.45) is 10.9 Å². The van der Waals surface area contributed by atoms with E-state index in [0.717, 1.165) is 5.56 Å². The molecule has 12 heavy (non-hydrogen) atoms. The first kappa shape index (κ1) is 8.55. The summed E-state index contributed by atoms with van der Waals surface area (Å²) in [4.78, 5) is 0. The highest BCUT2D eigenvalue weighted by atomic mass is 16.5. The maximum atomic E-state index is 8.72. The average molecular weight is 165 g/mol. The highest BCUT2D eigenvalue weighted by Crippen LogP contribution is 2.14. The van der Waals surface area contributed by atoms with E-state index in [0.29, 0.717) is 11.4 Å². The molecule has 1 rings (SSSR count). The van der Waals surface area contributed by atoms with Gasteiger partial charge in [0.15, 0.2) is 0 Å². The summed E-state index contributed by atoms with van der Waals surface area (Å²) in [5, 5.41) is 12.2. The summed E-state index contributed by atoms with van der Waals surface area (Å²) in [6, 6.07) is 7.23. The zero-order valence-electron chi connectivity index (χ0n) is 6.78. The van der Waals surface area contributed by atoms with Crippen molar-refractivity contribution in [1.82, 2.24) is 0 Å². The highest BCUT2D eigenvalue weighted by Gasteiger charge is 2.02. The number of nitrogens with one attached hydrogen (secondary N) is 1. The molecule has 0 aromatic heterocycles. The molecular formula is C8H11N3O. The van der Waals surface area contributed by atoms with Gasteiger partial charge in [0.25, 0.3) is 0 Å². The van der Waals surface area contributed by atoms with Crippen molar-refractivity contribution >= 4 is 11.4 Å². The van der Waals surface area contributed by atoms with Crippen LogP contribution in [0.4, 0.5) is 5.69 Å². The minimum absolute atomic E-state index is 0.601. The number of hydrogen-bond donors (Lipinski definition) is 3. The number of nitrogens with two attached hydrogens (primary N) is 1. The van der Waals surface area contributed by atoms with Crippen LogP contribution >= 0.6 is 0 Å². The second-order valence-electron chi connectivity index (χ2n) is 2.37. The Bertz CT molecular complexity index is 296. The number of benzene rings is 1. The number of anilines is 1. The minimum atomic E-state index is 0.601. The normalized spacial score (nSPS) is 11.3. The molecule has 0 aliphatic carbocycles. The van der Waals surface area contributed by atoms with Gasteiger partial charge in [-0.25, -0.2) is 0 Å². The third-order valence-corrected chi connectivity index (χ3v) is 1.63. The molecule has 0 atom stereocenters. The van der Waals surface area contributed by atoms with Crippen LogP contribution in [0.2, 0.25) is 0 Å². The Morgan fingerprint density at radius 1 is 1.50 bits per heavy atom. The maximum Gasteiger partial charge on any atom is 0.0693 e. The number of hydrogen-bond acceptors (Lipinski definition) is 4. The Hall–Kier alpha value is -1.55. The molecule has 0 unspecified atom stereocenters. The lowest BCUT2D eigenvalue weighted by Gasteiger charge is -2.05. The third-order valence-electron chi connectivity index (χ3n) is 1.63. The summed E-state index contributed by atoms with van der Waals surface area (Å²) in [5.41, 5.74) is 4.14. The molecule has 0 aliphatic heterocycles. The quantitative estimate of drug-likeness (QED) is 0.350. The van der Waals surface area contributed by atoms with E-state index in [2.05, 4.69) is 10.6 Å². The van der Waals surface area contributed by atoms with E-state index >= 15 is 0 Å². The van der Waals surface area contributed by atoms with Gasteiger partial charge in [0, 0.05) is 5.56 Å². The third kappa shape index (κ3) is 1.54. The van der Waals surface area contributed by atoms with E-state index < -0.39 is 0 Å². The van der Waals surface area contributed by atoms with Crippen molar-refractivity contribution in [1.29, 1.82) is 0 Å². The zero-order chi connectivity index (χ0) is 8.97. The summed E-state index contributed by atoms with van der Waals surface area (Å²) < 4.78 is 0. The predicted molar refractivity (Wildman–Crippen MR) is 48.2 cm³/mol. The average Bonchev–Trinajstić information content (AvgIpc) is 2.16. The van der Waals surface area contributed by atoms with Gasteiger partial charge >= 0.3 is 0 Å². The maximum absolute atomic E-state index is 8.72. The van der Waals surface area contributed by atoms with Gasteiger partial charge in [-0.15, -0.1) is 0 Å². The largest absolute Gasteiger partial charge is 0.323 e. The second kappa shape index (κ2) is 3.73. The summed E-state index contributed by atoms with van der Waals surface area (Å²) in [7, 11) is 0. The summed E-state index contributed by atoms with van der Waals surface area (Å²) in [5.74, 6) is 5.11. The van der Waals surface area contributed by atoms with Crippen LogP contribution < -0.4 is 11.3 Å². The molecular weight excluding hydrogens is 154 g/mol. The van der Waals surface area contributed by atoms with Gasteiger partial charge in [-0.3, -0.25) is 10.7 Å². The summed E-state index contributed by atoms with van der Waals surface area (Å²) in [6.45, 7) is 1.77. The fourth-order valence-corrected chi connectivity index (χ4v) is 0.966. The fraction of sp³-hybridized carbons (Fsp3) is 0.125. The predicted octanol–water partition coefficient (Wildman–Crippen LogP) is 1.17. The number of rotatable bonds is 2. The Labute approximate surface area is 70.7 Å². The SMILES string of the molecule is CC(=NN)c1ccccc1NO.